The molecule has 1 aromatic heterocycles. The van der Waals surface area contributed by atoms with Crippen LogP contribution in [0.15, 0.2) is 41.0 Å². The molecule has 0 aliphatic carbocycles. The first kappa shape index (κ1) is 12.6. The van der Waals surface area contributed by atoms with Crippen LogP contribution in [-0.2, 0) is 0 Å². The summed E-state index contributed by atoms with van der Waals surface area (Å²) in [6.07, 6.45) is 1.62. The second-order valence-corrected chi connectivity index (χ2v) is 4.74. The van der Waals surface area contributed by atoms with Gasteiger partial charge in [0.25, 0.3) is 5.91 Å². The van der Waals surface area contributed by atoms with Crippen LogP contribution < -0.4 is 5.32 Å². The Morgan fingerprint density at radius 2 is 2.00 bits per heavy atom. The van der Waals surface area contributed by atoms with E-state index in [9.17, 15) is 4.79 Å². The number of amides is 1. The number of phenols is 1. The van der Waals surface area contributed by atoms with E-state index in [1.807, 2.05) is 13.0 Å². The van der Waals surface area contributed by atoms with E-state index in [4.69, 9.17) is 5.11 Å². The summed E-state index contributed by atoms with van der Waals surface area (Å²) in [6, 6.07) is 7.92. The molecule has 2 aromatic rings. The lowest BCUT2D eigenvalue weighted by molar-refractivity contribution is 0.102. The van der Waals surface area contributed by atoms with Crippen LogP contribution in [0.1, 0.15) is 15.9 Å². The molecular formula is C13H11BrN2O2. The van der Waals surface area contributed by atoms with Crippen LogP contribution >= 0.6 is 15.9 Å². The third-order valence-corrected chi connectivity index (χ3v) is 2.84. The Bertz CT molecular complexity index is 582. The van der Waals surface area contributed by atoms with Gasteiger partial charge in [-0.15, -0.1) is 0 Å². The van der Waals surface area contributed by atoms with Gasteiger partial charge < -0.3 is 10.4 Å². The number of carbonyl (C=O) groups is 1. The van der Waals surface area contributed by atoms with Gasteiger partial charge in [0.05, 0.1) is 0 Å². The Hall–Kier alpha value is -1.88. The lowest BCUT2D eigenvalue weighted by Crippen LogP contribution is -2.13. The molecule has 1 aromatic carbocycles. The molecular weight excluding hydrogens is 296 g/mol. The standard InChI is InChI=1S/C13H11BrN2O2/c1-8-6-10(14)7-15-12(8)16-13(18)9-2-4-11(17)5-3-9/h2-7,17H,1H3,(H,15,16,18). The van der Waals surface area contributed by atoms with Gasteiger partial charge in [0.15, 0.2) is 0 Å². The van der Waals surface area contributed by atoms with E-state index >= 15 is 0 Å². The highest BCUT2D eigenvalue weighted by Crippen LogP contribution is 2.18. The normalized spacial score (nSPS) is 10.1. The van der Waals surface area contributed by atoms with E-state index in [1.165, 1.54) is 12.1 Å². The minimum atomic E-state index is -0.257. The summed E-state index contributed by atoms with van der Waals surface area (Å²) in [7, 11) is 0. The monoisotopic (exact) mass is 306 g/mol. The number of hydrogen-bond acceptors (Lipinski definition) is 3. The Morgan fingerprint density at radius 3 is 2.61 bits per heavy atom. The van der Waals surface area contributed by atoms with Crippen molar-refractivity contribution in [2.24, 2.45) is 0 Å². The molecule has 0 aliphatic heterocycles. The number of aryl methyl sites for hydroxylation is 1. The minimum absolute atomic E-state index is 0.129. The number of phenolic OH excluding ortho intramolecular Hbond substituents is 1. The highest BCUT2D eigenvalue weighted by molar-refractivity contribution is 9.10. The molecule has 4 nitrogen and oxygen atoms in total. The van der Waals surface area contributed by atoms with Crippen LogP contribution in [0, 0.1) is 6.92 Å². The molecule has 0 spiro atoms. The maximum atomic E-state index is 11.9. The Labute approximate surface area is 113 Å². The van der Waals surface area contributed by atoms with Crippen LogP contribution in [0.5, 0.6) is 5.75 Å². The molecule has 2 N–H and O–H groups in total. The van der Waals surface area contributed by atoms with Crippen LogP contribution in [0.4, 0.5) is 5.82 Å². The number of aromatic nitrogens is 1. The zero-order valence-electron chi connectivity index (χ0n) is 9.64. The van der Waals surface area contributed by atoms with Crippen molar-refractivity contribution >= 4 is 27.7 Å². The number of hydrogen-bond donors (Lipinski definition) is 2. The van der Waals surface area contributed by atoms with E-state index in [0.717, 1.165) is 10.0 Å². The second-order valence-electron chi connectivity index (χ2n) is 3.82. The van der Waals surface area contributed by atoms with E-state index < -0.39 is 0 Å². The number of nitrogens with zero attached hydrogens (tertiary/aromatic N) is 1. The fraction of sp³-hybridized carbons (Fsp3) is 0.0769. The number of rotatable bonds is 2. The van der Waals surface area contributed by atoms with E-state index in [0.29, 0.717) is 11.4 Å². The Morgan fingerprint density at radius 1 is 1.33 bits per heavy atom. The van der Waals surface area contributed by atoms with E-state index in [1.54, 1.807) is 18.3 Å². The van der Waals surface area contributed by atoms with Gasteiger partial charge in [0.2, 0.25) is 0 Å². The predicted octanol–water partition coefficient (Wildman–Crippen LogP) is 3.11. The van der Waals surface area contributed by atoms with Crippen molar-refractivity contribution in [3.63, 3.8) is 0 Å². The maximum Gasteiger partial charge on any atom is 0.256 e. The zero-order valence-corrected chi connectivity index (χ0v) is 11.2. The highest BCUT2D eigenvalue weighted by Gasteiger charge is 2.08. The van der Waals surface area contributed by atoms with E-state index in [-0.39, 0.29) is 11.7 Å². The fourth-order valence-electron chi connectivity index (χ4n) is 1.46. The molecule has 0 aliphatic rings. The molecule has 0 atom stereocenters. The van der Waals surface area contributed by atoms with Gasteiger partial charge in [0.1, 0.15) is 11.6 Å². The average molecular weight is 307 g/mol. The van der Waals surface area contributed by atoms with Crippen molar-refractivity contribution < 1.29 is 9.90 Å². The maximum absolute atomic E-state index is 11.9. The third kappa shape index (κ3) is 2.87. The molecule has 0 fully saturated rings. The second kappa shape index (κ2) is 5.18. The predicted molar refractivity (Wildman–Crippen MR) is 72.7 cm³/mol. The van der Waals surface area contributed by atoms with Crippen molar-refractivity contribution in [2.75, 3.05) is 5.32 Å². The largest absolute Gasteiger partial charge is 0.508 e. The van der Waals surface area contributed by atoms with Crippen molar-refractivity contribution in [1.82, 2.24) is 4.98 Å². The summed E-state index contributed by atoms with van der Waals surface area (Å²) in [5.41, 5.74) is 1.34. The summed E-state index contributed by atoms with van der Waals surface area (Å²) < 4.78 is 0.864. The number of halogens is 1. The number of carbonyl (C=O) groups excluding carboxylic acids is 1. The number of nitrogens with one attached hydrogen (secondary N) is 1. The number of benzene rings is 1. The molecule has 5 heteroatoms. The summed E-state index contributed by atoms with van der Waals surface area (Å²) in [5.74, 6) is 0.397. The van der Waals surface area contributed by atoms with Crippen LogP contribution in [0.25, 0.3) is 0 Å². The molecule has 0 bridgehead atoms. The average Bonchev–Trinajstić information content (AvgIpc) is 2.33. The topological polar surface area (TPSA) is 62.2 Å². The van der Waals surface area contributed by atoms with Crippen molar-refractivity contribution in [2.45, 2.75) is 6.92 Å². The fourth-order valence-corrected chi connectivity index (χ4v) is 1.91. The molecule has 0 radical (unpaired) electrons. The van der Waals surface area contributed by atoms with E-state index in [2.05, 4.69) is 26.2 Å². The zero-order chi connectivity index (χ0) is 13.1. The first-order chi connectivity index (χ1) is 8.56. The summed E-state index contributed by atoms with van der Waals surface area (Å²) in [5, 5.41) is 11.9. The SMILES string of the molecule is Cc1cc(Br)cnc1NC(=O)c1ccc(O)cc1. The minimum Gasteiger partial charge on any atom is -0.508 e. The van der Waals surface area contributed by atoms with Gasteiger partial charge in [0, 0.05) is 16.2 Å². The van der Waals surface area contributed by atoms with Crippen molar-refractivity contribution in [3.05, 3.63) is 52.1 Å². The molecule has 0 saturated carbocycles. The van der Waals surface area contributed by atoms with Gasteiger partial charge in [-0.25, -0.2) is 4.98 Å². The molecule has 0 saturated heterocycles. The highest BCUT2D eigenvalue weighted by atomic mass is 79.9. The van der Waals surface area contributed by atoms with Crippen LogP contribution in [-0.4, -0.2) is 16.0 Å². The van der Waals surface area contributed by atoms with Gasteiger partial charge >= 0.3 is 0 Å². The van der Waals surface area contributed by atoms with Gasteiger partial charge in [-0.05, 0) is 58.7 Å². The summed E-state index contributed by atoms with van der Waals surface area (Å²) >= 11 is 3.31. The molecule has 92 valence electrons. The van der Waals surface area contributed by atoms with Gasteiger partial charge in [-0.1, -0.05) is 0 Å². The molecule has 18 heavy (non-hydrogen) atoms. The van der Waals surface area contributed by atoms with Crippen molar-refractivity contribution in [3.8, 4) is 5.75 Å². The lowest BCUT2D eigenvalue weighted by atomic mass is 10.2. The molecule has 0 unspecified atom stereocenters. The summed E-state index contributed by atoms with van der Waals surface area (Å²) in [4.78, 5) is 16.1. The lowest BCUT2D eigenvalue weighted by Gasteiger charge is -2.07. The first-order valence-corrected chi connectivity index (χ1v) is 6.08. The third-order valence-electron chi connectivity index (χ3n) is 2.41. The molecule has 2 rings (SSSR count). The number of pyridine rings is 1. The molecule has 1 amide bonds. The van der Waals surface area contributed by atoms with Crippen molar-refractivity contribution in [1.29, 1.82) is 0 Å². The Kier molecular flexibility index (Phi) is 3.62. The quantitative estimate of drug-likeness (QED) is 0.896. The number of aromatic hydroxyl groups is 1. The van der Waals surface area contributed by atoms with Crippen LogP contribution in [0.3, 0.4) is 0 Å². The first-order valence-electron chi connectivity index (χ1n) is 5.29. The Balaban J connectivity index is 2.18. The molecule has 1 heterocycles. The smallest absolute Gasteiger partial charge is 0.256 e. The van der Waals surface area contributed by atoms with Crippen LogP contribution in [0.2, 0.25) is 0 Å². The number of anilines is 1. The van der Waals surface area contributed by atoms with Gasteiger partial charge in [-0.2, -0.15) is 0 Å². The van der Waals surface area contributed by atoms with Gasteiger partial charge in [-0.3, -0.25) is 4.79 Å². The summed E-state index contributed by atoms with van der Waals surface area (Å²) in [6.45, 7) is 1.87.